The summed E-state index contributed by atoms with van der Waals surface area (Å²) in [4.78, 5) is 9.93. The van der Waals surface area contributed by atoms with Gasteiger partial charge in [0, 0.05) is 27.3 Å². The van der Waals surface area contributed by atoms with Crippen molar-refractivity contribution < 1.29 is 14.1 Å². The summed E-state index contributed by atoms with van der Waals surface area (Å²) < 4.78 is 18.6. The van der Waals surface area contributed by atoms with Crippen molar-refractivity contribution in [1.82, 2.24) is 15.6 Å². The number of rotatable bonds is 4. The second-order valence-electron chi connectivity index (χ2n) is 5.74. The van der Waals surface area contributed by atoms with Crippen molar-refractivity contribution in [3.63, 3.8) is 0 Å². The molecule has 6 nitrogen and oxygen atoms in total. The lowest BCUT2D eigenvalue weighted by Crippen LogP contribution is -2.03. The van der Waals surface area contributed by atoms with E-state index in [0.717, 1.165) is 21.8 Å². The van der Waals surface area contributed by atoms with Crippen molar-refractivity contribution in [3.05, 3.63) is 65.8 Å². The second-order valence-corrected chi connectivity index (χ2v) is 6.88. The van der Waals surface area contributed by atoms with Gasteiger partial charge in [-0.25, -0.2) is 9.38 Å². The van der Waals surface area contributed by atoms with Gasteiger partial charge in [-0.15, -0.1) is 11.8 Å². The SMILES string of the molecule is ONC=NC1=C(c2nc(-c3ccc(F)cc3)no2)CCSc2ccccc21. The summed E-state index contributed by atoms with van der Waals surface area (Å²) in [5.74, 6) is 1.24. The van der Waals surface area contributed by atoms with E-state index < -0.39 is 0 Å². The molecule has 2 N–H and O–H groups in total. The molecule has 0 fully saturated rings. The standard InChI is InChI=1S/C19H15FN4O2S/c20-13-7-5-12(6-8-13)18-23-19(26-24-18)15-9-10-27-16-4-2-1-3-14(16)17(15)21-11-22-25/h1-8,11,25H,9-10H2,(H,21,22). The van der Waals surface area contributed by atoms with Crippen LogP contribution in [0.15, 0.2) is 62.9 Å². The minimum atomic E-state index is -0.323. The summed E-state index contributed by atoms with van der Waals surface area (Å²) in [5, 5.41) is 13.0. The Kier molecular flexibility index (Phi) is 4.99. The van der Waals surface area contributed by atoms with Crippen LogP contribution < -0.4 is 5.48 Å². The number of nitrogens with one attached hydrogen (secondary N) is 1. The van der Waals surface area contributed by atoms with Crippen LogP contribution in [-0.2, 0) is 0 Å². The average Bonchev–Trinajstić information content (AvgIpc) is 3.10. The molecule has 136 valence electrons. The first-order valence-electron chi connectivity index (χ1n) is 8.24. The number of halogens is 1. The Labute approximate surface area is 158 Å². The van der Waals surface area contributed by atoms with Gasteiger partial charge in [-0.2, -0.15) is 4.98 Å². The van der Waals surface area contributed by atoms with Crippen LogP contribution in [0.5, 0.6) is 0 Å². The highest BCUT2D eigenvalue weighted by atomic mass is 32.2. The van der Waals surface area contributed by atoms with E-state index in [1.165, 1.54) is 18.5 Å². The third kappa shape index (κ3) is 3.62. The minimum Gasteiger partial charge on any atom is -0.334 e. The first-order chi connectivity index (χ1) is 13.3. The summed E-state index contributed by atoms with van der Waals surface area (Å²) in [6, 6.07) is 13.8. The maximum Gasteiger partial charge on any atom is 0.256 e. The van der Waals surface area contributed by atoms with Gasteiger partial charge in [0.2, 0.25) is 5.82 Å². The smallest absolute Gasteiger partial charge is 0.256 e. The molecule has 0 spiro atoms. The molecular formula is C19H15FN4O2S. The molecule has 2 aromatic carbocycles. The normalized spacial score (nSPS) is 14.3. The lowest BCUT2D eigenvalue weighted by atomic mass is 10.0. The summed E-state index contributed by atoms with van der Waals surface area (Å²) in [7, 11) is 0. The quantitative estimate of drug-likeness (QED) is 0.399. The third-order valence-corrected chi connectivity index (χ3v) is 5.15. The predicted octanol–water partition coefficient (Wildman–Crippen LogP) is 4.25. The Balaban J connectivity index is 1.81. The summed E-state index contributed by atoms with van der Waals surface area (Å²) >= 11 is 1.72. The third-order valence-electron chi connectivity index (χ3n) is 4.08. The monoisotopic (exact) mass is 382 g/mol. The van der Waals surface area contributed by atoms with Crippen molar-refractivity contribution in [2.75, 3.05) is 5.75 Å². The minimum absolute atomic E-state index is 0.323. The van der Waals surface area contributed by atoms with Crippen LogP contribution in [0.25, 0.3) is 22.7 Å². The van der Waals surface area contributed by atoms with E-state index in [2.05, 4.69) is 15.1 Å². The first kappa shape index (κ1) is 17.4. The molecule has 4 rings (SSSR count). The van der Waals surface area contributed by atoms with Crippen LogP contribution >= 0.6 is 11.8 Å². The molecule has 0 unspecified atom stereocenters. The van der Waals surface area contributed by atoms with Crippen molar-refractivity contribution in [2.24, 2.45) is 4.99 Å². The molecule has 0 amide bonds. The number of allylic oxidation sites excluding steroid dienone is 1. The maximum atomic E-state index is 13.1. The highest BCUT2D eigenvalue weighted by molar-refractivity contribution is 7.99. The second kappa shape index (κ2) is 7.73. The van der Waals surface area contributed by atoms with E-state index in [9.17, 15) is 4.39 Å². The van der Waals surface area contributed by atoms with Crippen LogP contribution in [0.2, 0.25) is 0 Å². The van der Waals surface area contributed by atoms with Crippen LogP contribution in [-0.4, -0.2) is 27.4 Å². The largest absolute Gasteiger partial charge is 0.334 e. The van der Waals surface area contributed by atoms with Crippen molar-refractivity contribution in [1.29, 1.82) is 0 Å². The van der Waals surface area contributed by atoms with Gasteiger partial charge >= 0.3 is 0 Å². The van der Waals surface area contributed by atoms with Gasteiger partial charge in [0.1, 0.15) is 12.2 Å². The number of aliphatic imine (C=N–C) groups is 1. The van der Waals surface area contributed by atoms with E-state index in [4.69, 9.17) is 9.73 Å². The number of thioether (sulfide) groups is 1. The Hall–Kier alpha value is -2.97. The highest BCUT2D eigenvalue weighted by Gasteiger charge is 2.22. The van der Waals surface area contributed by atoms with Gasteiger partial charge in [0.25, 0.3) is 5.89 Å². The van der Waals surface area contributed by atoms with E-state index >= 15 is 0 Å². The molecule has 1 aliphatic heterocycles. The number of aromatic nitrogens is 2. The molecular weight excluding hydrogens is 367 g/mol. The molecule has 1 aromatic heterocycles. The summed E-state index contributed by atoms with van der Waals surface area (Å²) in [5.41, 5.74) is 4.99. The van der Waals surface area contributed by atoms with E-state index in [1.807, 2.05) is 29.7 Å². The fourth-order valence-electron chi connectivity index (χ4n) is 2.84. The van der Waals surface area contributed by atoms with Crippen LogP contribution in [0, 0.1) is 5.82 Å². The molecule has 0 aliphatic carbocycles. The molecule has 0 saturated heterocycles. The molecule has 0 radical (unpaired) electrons. The molecule has 3 aromatic rings. The van der Waals surface area contributed by atoms with E-state index in [-0.39, 0.29) is 5.82 Å². The number of hydroxylamine groups is 1. The molecule has 8 heteroatoms. The van der Waals surface area contributed by atoms with Crippen LogP contribution in [0.4, 0.5) is 4.39 Å². The number of hydrogen-bond donors (Lipinski definition) is 2. The highest BCUT2D eigenvalue weighted by Crippen LogP contribution is 2.39. The fraction of sp³-hybridized carbons (Fsp3) is 0.105. The van der Waals surface area contributed by atoms with Gasteiger partial charge in [-0.1, -0.05) is 23.4 Å². The van der Waals surface area contributed by atoms with E-state index in [1.54, 1.807) is 23.9 Å². The lowest BCUT2D eigenvalue weighted by Gasteiger charge is -2.07. The van der Waals surface area contributed by atoms with Crippen molar-refractivity contribution in [3.8, 4) is 11.4 Å². The first-order valence-corrected chi connectivity index (χ1v) is 9.22. The topological polar surface area (TPSA) is 83.5 Å². The maximum absolute atomic E-state index is 13.1. The Bertz CT molecular complexity index is 1010. The summed E-state index contributed by atoms with van der Waals surface area (Å²) in [6.07, 6.45) is 1.88. The zero-order chi connectivity index (χ0) is 18.6. The number of nitrogens with zero attached hydrogens (tertiary/aromatic N) is 3. The van der Waals surface area contributed by atoms with Gasteiger partial charge in [-0.05, 0) is 36.8 Å². The molecule has 0 atom stereocenters. The van der Waals surface area contributed by atoms with Crippen LogP contribution in [0.1, 0.15) is 17.9 Å². The molecule has 0 bridgehead atoms. The molecule has 2 heterocycles. The number of benzene rings is 2. The molecule has 1 aliphatic rings. The zero-order valence-corrected chi connectivity index (χ0v) is 14.9. The predicted molar refractivity (Wildman–Crippen MR) is 102 cm³/mol. The zero-order valence-electron chi connectivity index (χ0n) is 14.1. The van der Waals surface area contributed by atoms with Crippen LogP contribution in [0.3, 0.4) is 0 Å². The lowest BCUT2D eigenvalue weighted by molar-refractivity contribution is 0.240. The van der Waals surface area contributed by atoms with Gasteiger partial charge < -0.3 is 4.52 Å². The number of fused-ring (bicyclic) bond motifs is 1. The molecule has 27 heavy (non-hydrogen) atoms. The Morgan fingerprint density at radius 3 is 2.81 bits per heavy atom. The summed E-state index contributed by atoms with van der Waals surface area (Å²) in [6.45, 7) is 0. The van der Waals surface area contributed by atoms with Crippen molar-refractivity contribution >= 4 is 29.4 Å². The average molecular weight is 382 g/mol. The van der Waals surface area contributed by atoms with E-state index in [0.29, 0.717) is 29.4 Å². The van der Waals surface area contributed by atoms with Gasteiger partial charge in [0.05, 0.1) is 5.70 Å². The Morgan fingerprint density at radius 1 is 1.19 bits per heavy atom. The number of hydrogen-bond acceptors (Lipinski definition) is 6. The van der Waals surface area contributed by atoms with Crippen molar-refractivity contribution in [2.45, 2.75) is 11.3 Å². The Morgan fingerprint density at radius 2 is 2.00 bits per heavy atom. The van der Waals surface area contributed by atoms with Gasteiger partial charge in [0.15, 0.2) is 0 Å². The fourth-order valence-corrected chi connectivity index (χ4v) is 3.86. The molecule has 0 saturated carbocycles. The van der Waals surface area contributed by atoms with Gasteiger partial charge in [-0.3, -0.25) is 10.7 Å².